The molecule has 0 amide bonds. The smallest absolute Gasteiger partial charge is 0.113 e. The lowest BCUT2D eigenvalue weighted by Gasteiger charge is -2.26. The Morgan fingerprint density at radius 1 is 0.420 bits per heavy atom. The Balaban J connectivity index is 1.11. The monoisotopic (exact) mass is 664 g/mol. The van der Waals surface area contributed by atoms with Crippen LogP contribution in [0.3, 0.4) is 0 Å². The van der Waals surface area contributed by atoms with Gasteiger partial charge in [0.25, 0.3) is 0 Å². The van der Waals surface area contributed by atoms with Crippen molar-refractivity contribution in [2.75, 3.05) is 0 Å². The van der Waals surface area contributed by atoms with Crippen LogP contribution in [0.5, 0.6) is 0 Å². The molecule has 1 heterocycles. The highest BCUT2D eigenvalue weighted by Gasteiger charge is 2.23. The van der Waals surface area contributed by atoms with Gasteiger partial charge in [0.1, 0.15) is 11.0 Å². The predicted molar refractivity (Wildman–Crippen MR) is 214 cm³/mol. The molecular formula is C47H40N2S. The van der Waals surface area contributed by atoms with Crippen molar-refractivity contribution in [3.05, 3.63) is 144 Å². The van der Waals surface area contributed by atoms with Crippen molar-refractivity contribution < 1.29 is 0 Å². The number of nitrogens with zero attached hydrogens (tertiary/aromatic N) is 2. The lowest BCUT2D eigenvalue weighted by molar-refractivity contribution is 0.569. The summed E-state index contributed by atoms with van der Waals surface area (Å²) in [6, 6.07) is 45.7. The molecule has 8 aromatic rings. The van der Waals surface area contributed by atoms with Crippen molar-refractivity contribution in [1.82, 2.24) is 8.75 Å². The van der Waals surface area contributed by atoms with Crippen LogP contribution in [-0.2, 0) is 17.3 Å². The van der Waals surface area contributed by atoms with Crippen molar-refractivity contribution in [2.24, 2.45) is 0 Å². The Kier molecular flexibility index (Phi) is 6.92. The second-order valence-electron chi connectivity index (χ2n) is 16.1. The maximum absolute atomic E-state index is 4.73. The van der Waals surface area contributed by atoms with Gasteiger partial charge in [-0.1, -0.05) is 139 Å². The van der Waals surface area contributed by atoms with Gasteiger partial charge in [-0.2, -0.15) is 8.75 Å². The first-order chi connectivity index (χ1) is 24.0. The molecule has 3 heteroatoms. The van der Waals surface area contributed by atoms with E-state index in [1.54, 1.807) is 0 Å². The highest BCUT2D eigenvalue weighted by atomic mass is 32.1. The van der Waals surface area contributed by atoms with E-state index in [9.17, 15) is 0 Å². The Labute approximate surface area is 298 Å². The minimum Gasteiger partial charge on any atom is -0.172 e. The Morgan fingerprint density at radius 3 is 1.54 bits per heavy atom. The first kappa shape index (κ1) is 30.9. The molecular weight excluding hydrogens is 625 g/mol. The summed E-state index contributed by atoms with van der Waals surface area (Å²) >= 11 is 1.29. The standard InChI is InChI=1S/C47H40N2S/c1-46(2,3)36-22-35(23-37(27-36)47(4,5)6)32-15-17-34-21-33-16-14-30(24-41(33)42(34)25-32)28-10-9-11-29(20-28)31-18-19-39-38-12-7-8-13-40(38)44-45(43(39)26-31)49-50-48-44/h7-20,22-27H,21H2,1-6H3. The summed E-state index contributed by atoms with van der Waals surface area (Å²) in [6.45, 7) is 13.9. The van der Waals surface area contributed by atoms with Crippen LogP contribution in [0, 0.1) is 0 Å². The van der Waals surface area contributed by atoms with E-state index in [0.717, 1.165) is 28.2 Å². The number of hydrogen-bond donors (Lipinski definition) is 0. The summed E-state index contributed by atoms with van der Waals surface area (Å²) < 4.78 is 9.41. The van der Waals surface area contributed by atoms with Gasteiger partial charge < -0.3 is 0 Å². The highest BCUT2D eigenvalue weighted by Crippen LogP contribution is 2.43. The third kappa shape index (κ3) is 5.15. The molecule has 50 heavy (non-hydrogen) atoms. The zero-order chi connectivity index (χ0) is 34.4. The second kappa shape index (κ2) is 11.2. The normalized spacial score (nSPS) is 12.9. The summed E-state index contributed by atoms with van der Waals surface area (Å²) in [6.07, 6.45) is 0.978. The van der Waals surface area contributed by atoms with Crippen LogP contribution >= 0.6 is 11.7 Å². The van der Waals surface area contributed by atoms with Crippen LogP contribution in [-0.4, -0.2) is 8.75 Å². The zero-order valence-electron chi connectivity index (χ0n) is 29.6. The molecule has 0 aliphatic heterocycles. The number of benzene rings is 7. The number of hydrogen-bond acceptors (Lipinski definition) is 3. The number of fused-ring (bicyclic) bond motifs is 9. The van der Waals surface area contributed by atoms with Gasteiger partial charge in [0.15, 0.2) is 0 Å². The van der Waals surface area contributed by atoms with Gasteiger partial charge in [-0.05, 0) is 119 Å². The summed E-state index contributed by atoms with van der Waals surface area (Å²) in [5.74, 6) is 0. The van der Waals surface area contributed by atoms with Crippen LogP contribution in [0.4, 0.5) is 0 Å². The van der Waals surface area contributed by atoms with E-state index < -0.39 is 0 Å². The van der Waals surface area contributed by atoms with Crippen LogP contribution in [0.1, 0.15) is 63.8 Å². The summed E-state index contributed by atoms with van der Waals surface area (Å²) in [5.41, 5.74) is 17.9. The van der Waals surface area contributed by atoms with Crippen LogP contribution in [0.2, 0.25) is 0 Å². The molecule has 0 fully saturated rings. The molecule has 1 aliphatic carbocycles. The van der Waals surface area contributed by atoms with Crippen molar-refractivity contribution in [3.8, 4) is 44.5 Å². The summed E-state index contributed by atoms with van der Waals surface area (Å²) in [7, 11) is 0. The minimum absolute atomic E-state index is 0.0776. The predicted octanol–water partition coefficient (Wildman–Crippen LogP) is 13.2. The lowest BCUT2D eigenvalue weighted by atomic mass is 9.79. The van der Waals surface area contributed by atoms with Crippen LogP contribution < -0.4 is 0 Å². The van der Waals surface area contributed by atoms with E-state index in [4.69, 9.17) is 4.37 Å². The molecule has 7 aromatic carbocycles. The van der Waals surface area contributed by atoms with Gasteiger partial charge in [-0.3, -0.25) is 0 Å². The van der Waals surface area contributed by atoms with Crippen molar-refractivity contribution >= 4 is 44.3 Å². The van der Waals surface area contributed by atoms with E-state index in [-0.39, 0.29) is 10.8 Å². The molecule has 0 bridgehead atoms. The van der Waals surface area contributed by atoms with E-state index >= 15 is 0 Å². The van der Waals surface area contributed by atoms with Crippen molar-refractivity contribution in [2.45, 2.75) is 58.8 Å². The fourth-order valence-electron chi connectivity index (χ4n) is 7.69. The molecule has 0 saturated heterocycles. The third-order valence-corrected chi connectivity index (χ3v) is 11.2. The molecule has 1 aromatic heterocycles. The van der Waals surface area contributed by atoms with Crippen molar-refractivity contribution in [1.29, 1.82) is 0 Å². The first-order valence-electron chi connectivity index (χ1n) is 17.6. The van der Waals surface area contributed by atoms with E-state index in [2.05, 4.69) is 167 Å². The van der Waals surface area contributed by atoms with Crippen LogP contribution in [0.25, 0.3) is 77.1 Å². The molecule has 0 N–H and O–H groups in total. The molecule has 1 aliphatic rings. The molecule has 0 radical (unpaired) electrons. The van der Waals surface area contributed by atoms with Gasteiger partial charge >= 0.3 is 0 Å². The molecule has 0 unspecified atom stereocenters. The largest absolute Gasteiger partial charge is 0.172 e. The molecule has 0 spiro atoms. The zero-order valence-corrected chi connectivity index (χ0v) is 30.4. The van der Waals surface area contributed by atoms with Gasteiger partial charge in [0.05, 0.1) is 11.7 Å². The fraction of sp³-hybridized carbons (Fsp3) is 0.191. The maximum Gasteiger partial charge on any atom is 0.113 e. The average Bonchev–Trinajstić information content (AvgIpc) is 3.76. The van der Waals surface area contributed by atoms with Gasteiger partial charge in [-0.25, -0.2) is 0 Å². The fourth-order valence-corrected chi connectivity index (χ4v) is 8.26. The topological polar surface area (TPSA) is 25.8 Å². The summed E-state index contributed by atoms with van der Waals surface area (Å²) in [5, 5.41) is 4.76. The van der Waals surface area contributed by atoms with E-state index in [1.165, 1.54) is 89.3 Å². The quantitative estimate of drug-likeness (QED) is 0.176. The van der Waals surface area contributed by atoms with Gasteiger partial charge in [-0.15, -0.1) is 0 Å². The maximum atomic E-state index is 4.73. The van der Waals surface area contributed by atoms with Crippen molar-refractivity contribution in [3.63, 3.8) is 0 Å². The lowest BCUT2D eigenvalue weighted by Crippen LogP contribution is -2.16. The molecule has 0 saturated carbocycles. The second-order valence-corrected chi connectivity index (χ2v) is 16.6. The first-order valence-corrected chi connectivity index (χ1v) is 18.3. The molecule has 244 valence electrons. The van der Waals surface area contributed by atoms with E-state index in [0.29, 0.717) is 0 Å². The van der Waals surface area contributed by atoms with Gasteiger partial charge in [0, 0.05) is 10.8 Å². The average molecular weight is 665 g/mol. The van der Waals surface area contributed by atoms with Crippen LogP contribution in [0.15, 0.2) is 121 Å². The Hall–Kier alpha value is -5.12. The third-order valence-electron chi connectivity index (χ3n) is 10.7. The Morgan fingerprint density at radius 2 is 0.920 bits per heavy atom. The van der Waals surface area contributed by atoms with E-state index in [1.807, 2.05) is 0 Å². The number of aromatic nitrogens is 2. The Bertz CT molecular complexity index is 2610. The molecule has 0 atom stereocenters. The number of rotatable bonds is 3. The SMILES string of the molecule is CC(C)(C)c1cc(-c2ccc3c(c2)-c2cc(-c4cccc(-c5ccc6c7ccccc7c7nsnc7c6c5)c4)ccc2C3)cc(C(C)(C)C)c1. The molecule has 2 nitrogen and oxygen atoms in total. The highest BCUT2D eigenvalue weighted by molar-refractivity contribution is 7.00. The summed E-state index contributed by atoms with van der Waals surface area (Å²) in [4.78, 5) is 0. The van der Waals surface area contributed by atoms with Gasteiger partial charge in [0.2, 0.25) is 0 Å². The molecule has 9 rings (SSSR count). The minimum atomic E-state index is 0.0776.